The summed E-state index contributed by atoms with van der Waals surface area (Å²) in [6.45, 7) is 3.75. The van der Waals surface area contributed by atoms with Gasteiger partial charge in [-0.3, -0.25) is 19.3 Å². The topological polar surface area (TPSA) is 95.9 Å². The number of phenolic OH excluding ortho intramolecular Hbond substituents is 1. The van der Waals surface area contributed by atoms with Gasteiger partial charge in [0, 0.05) is 5.69 Å². The fraction of sp³-hybridized carbons (Fsp3) is 0.227. The van der Waals surface area contributed by atoms with Gasteiger partial charge >= 0.3 is 0 Å². The number of halogens is 1. The molecule has 0 bridgehead atoms. The van der Waals surface area contributed by atoms with E-state index in [1.165, 1.54) is 25.3 Å². The number of aromatic hydroxyl groups is 1. The lowest BCUT2D eigenvalue weighted by atomic mass is 10.0. The van der Waals surface area contributed by atoms with E-state index in [2.05, 4.69) is 19.2 Å². The van der Waals surface area contributed by atoms with Crippen LogP contribution in [0.25, 0.3) is 6.08 Å². The predicted molar refractivity (Wildman–Crippen MR) is 122 cm³/mol. The Morgan fingerprint density at radius 1 is 1.26 bits per heavy atom. The number of methoxy groups -OCH3 is 1. The quantitative estimate of drug-likeness (QED) is 0.598. The van der Waals surface area contributed by atoms with Crippen molar-refractivity contribution in [1.82, 2.24) is 4.90 Å². The molecule has 1 aliphatic heterocycles. The molecule has 2 aromatic carbocycles. The third-order valence-corrected chi connectivity index (χ3v) is 5.80. The highest BCUT2D eigenvalue weighted by Crippen LogP contribution is 2.37. The second-order valence-electron chi connectivity index (χ2n) is 7.15. The lowest BCUT2D eigenvalue weighted by Gasteiger charge is -2.13. The van der Waals surface area contributed by atoms with E-state index in [9.17, 15) is 19.5 Å². The molecule has 0 spiro atoms. The van der Waals surface area contributed by atoms with Crippen molar-refractivity contribution in [3.05, 3.63) is 57.5 Å². The van der Waals surface area contributed by atoms with Crippen molar-refractivity contribution in [2.45, 2.75) is 19.8 Å². The van der Waals surface area contributed by atoms with E-state index < -0.39 is 23.6 Å². The first-order valence-corrected chi connectivity index (χ1v) is 10.6. The molecule has 1 fully saturated rings. The van der Waals surface area contributed by atoms with Crippen molar-refractivity contribution >= 4 is 52.2 Å². The van der Waals surface area contributed by atoms with Gasteiger partial charge in [-0.1, -0.05) is 37.6 Å². The van der Waals surface area contributed by atoms with Gasteiger partial charge in [0.15, 0.2) is 11.5 Å². The minimum absolute atomic E-state index is 0.0488. The van der Waals surface area contributed by atoms with Gasteiger partial charge in [-0.15, -0.1) is 0 Å². The van der Waals surface area contributed by atoms with Crippen molar-refractivity contribution in [2.24, 2.45) is 0 Å². The zero-order valence-electron chi connectivity index (χ0n) is 17.1. The fourth-order valence-electron chi connectivity index (χ4n) is 2.92. The van der Waals surface area contributed by atoms with Crippen LogP contribution in [0.4, 0.5) is 10.5 Å². The Labute approximate surface area is 189 Å². The molecule has 31 heavy (non-hydrogen) atoms. The van der Waals surface area contributed by atoms with Crippen LogP contribution < -0.4 is 10.1 Å². The highest BCUT2D eigenvalue weighted by molar-refractivity contribution is 8.18. The van der Waals surface area contributed by atoms with Crippen LogP contribution in [0.2, 0.25) is 5.02 Å². The monoisotopic (exact) mass is 460 g/mol. The number of hydrogen-bond acceptors (Lipinski definition) is 6. The van der Waals surface area contributed by atoms with E-state index in [1.54, 1.807) is 12.1 Å². The summed E-state index contributed by atoms with van der Waals surface area (Å²) in [6.07, 6.45) is 1.46. The molecule has 3 rings (SSSR count). The summed E-state index contributed by atoms with van der Waals surface area (Å²) in [6, 6.07) is 10.3. The number of benzene rings is 2. The van der Waals surface area contributed by atoms with E-state index >= 15 is 0 Å². The normalized spacial score (nSPS) is 15.1. The largest absolute Gasteiger partial charge is 0.503 e. The molecule has 0 atom stereocenters. The maximum absolute atomic E-state index is 12.7. The predicted octanol–water partition coefficient (Wildman–Crippen LogP) is 4.85. The first-order chi connectivity index (χ1) is 14.7. The number of nitrogens with zero attached hydrogens (tertiary/aromatic N) is 1. The Balaban J connectivity index is 1.71. The van der Waals surface area contributed by atoms with Gasteiger partial charge in [0.05, 0.1) is 17.0 Å². The summed E-state index contributed by atoms with van der Waals surface area (Å²) in [5.74, 6) is -0.762. The highest BCUT2D eigenvalue weighted by atomic mass is 35.5. The Hall–Kier alpha value is -2.97. The molecule has 2 aromatic rings. The van der Waals surface area contributed by atoms with Crippen LogP contribution in [0.3, 0.4) is 0 Å². The number of carbonyl (C=O) groups excluding carboxylic acids is 3. The molecule has 0 unspecified atom stereocenters. The molecule has 0 aromatic heterocycles. The van der Waals surface area contributed by atoms with Gasteiger partial charge in [0.1, 0.15) is 6.54 Å². The molecule has 0 radical (unpaired) electrons. The number of imide groups is 1. The lowest BCUT2D eigenvalue weighted by Crippen LogP contribution is -2.36. The average Bonchev–Trinajstić information content (AvgIpc) is 2.98. The first-order valence-electron chi connectivity index (χ1n) is 9.41. The summed E-state index contributed by atoms with van der Waals surface area (Å²) < 4.78 is 5.04. The number of carbonyl (C=O) groups is 3. The third-order valence-electron chi connectivity index (χ3n) is 4.60. The zero-order valence-corrected chi connectivity index (χ0v) is 18.7. The molecule has 9 heteroatoms. The van der Waals surface area contributed by atoms with Crippen LogP contribution >= 0.6 is 23.4 Å². The number of amides is 3. The van der Waals surface area contributed by atoms with Gasteiger partial charge < -0.3 is 15.2 Å². The fourth-order valence-corrected chi connectivity index (χ4v) is 3.97. The maximum atomic E-state index is 12.7. The van der Waals surface area contributed by atoms with Crippen LogP contribution in [0.1, 0.15) is 30.9 Å². The molecule has 7 nitrogen and oxygen atoms in total. The van der Waals surface area contributed by atoms with Crippen molar-refractivity contribution in [1.29, 1.82) is 0 Å². The van der Waals surface area contributed by atoms with E-state index in [0.29, 0.717) is 17.2 Å². The van der Waals surface area contributed by atoms with Crippen LogP contribution in [-0.4, -0.2) is 40.7 Å². The second-order valence-corrected chi connectivity index (χ2v) is 8.55. The molecule has 0 saturated carbocycles. The highest BCUT2D eigenvalue weighted by Gasteiger charge is 2.36. The van der Waals surface area contributed by atoms with Gasteiger partial charge in [0.2, 0.25) is 5.91 Å². The number of hydrogen-bond donors (Lipinski definition) is 2. The summed E-state index contributed by atoms with van der Waals surface area (Å²) in [4.78, 5) is 38.3. The maximum Gasteiger partial charge on any atom is 0.294 e. The average molecular weight is 461 g/mol. The Morgan fingerprint density at radius 3 is 2.55 bits per heavy atom. The molecule has 1 heterocycles. The number of rotatable bonds is 6. The van der Waals surface area contributed by atoms with Crippen molar-refractivity contribution in [2.75, 3.05) is 19.0 Å². The van der Waals surface area contributed by atoms with Crippen LogP contribution in [0.15, 0.2) is 41.3 Å². The van der Waals surface area contributed by atoms with Crippen LogP contribution in [0.5, 0.6) is 11.5 Å². The molecular formula is C22H21ClN2O5S. The van der Waals surface area contributed by atoms with Gasteiger partial charge in [-0.05, 0) is 59.1 Å². The van der Waals surface area contributed by atoms with Gasteiger partial charge in [-0.2, -0.15) is 0 Å². The summed E-state index contributed by atoms with van der Waals surface area (Å²) >= 11 is 6.69. The minimum Gasteiger partial charge on any atom is -0.503 e. The molecule has 0 aliphatic carbocycles. The molecule has 162 valence electrons. The smallest absolute Gasteiger partial charge is 0.294 e. The molecular weight excluding hydrogens is 440 g/mol. The first kappa shape index (κ1) is 22.7. The van der Waals surface area contributed by atoms with Crippen molar-refractivity contribution in [3.8, 4) is 11.5 Å². The molecule has 1 saturated heterocycles. The van der Waals surface area contributed by atoms with Crippen LogP contribution in [-0.2, 0) is 9.59 Å². The summed E-state index contributed by atoms with van der Waals surface area (Å²) in [5, 5.41) is 12.0. The third kappa shape index (κ3) is 5.21. The Morgan fingerprint density at radius 2 is 1.94 bits per heavy atom. The van der Waals surface area contributed by atoms with Crippen molar-refractivity contribution < 1.29 is 24.2 Å². The number of thioether (sulfide) groups is 1. The molecule has 2 N–H and O–H groups in total. The summed E-state index contributed by atoms with van der Waals surface area (Å²) in [5.41, 5.74) is 2.20. The Bertz CT molecular complexity index is 1070. The minimum atomic E-state index is -0.580. The van der Waals surface area contributed by atoms with Crippen LogP contribution in [0, 0.1) is 0 Å². The number of ether oxygens (including phenoxy) is 1. The number of phenols is 1. The number of anilines is 1. The van der Waals surface area contributed by atoms with E-state index in [1.807, 2.05) is 12.1 Å². The standard InChI is InChI=1S/C22H21ClN2O5S/c1-12(2)14-4-6-15(7-5-14)24-19(26)11-25-21(28)18(31-22(25)29)10-13-8-16(23)20(27)17(9-13)30-3/h4-10,12,27H,11H2,1-3H3,(H,24,26)/b18-10-. The zero-order chi connectivity index (χ0) is 22.7. The van der Waals surface area contributed by atoms with Gasteiger partial charge in [-0.25, -0.2) is 0 Å². The summed E-state index contributed by atoms with van der Waals surface area (Å²) in [7, 11) is 1.37. The van der Waals surface area contributed by atoms with Gasteiger partial charge in [0.25, 0.3) is 11.1 Å². The van der Waals surface area contributed by atoms with E-state index in [0.717, 1.165) is 22.2 Å². The Kier molecular flexibility index (Phi) is 6.92. The van der Waals surface area contributed by atoms with Crippen molar-refractivity contribution in [3.63, 3.8) is 0 Å². The second kappa shape index (κ2) is 9.45. The van der Waals surface area contributed by atoms with E-state index in [-0.39, 0.29) is 21.4 Å². The van der Waals surface area contributed by atoms with E-state index in [4.69, 9.17) is 16.3 Å². The molecule has 1 aliphatic rings. The molecule has 3 amide bonds. The SMILES string of the molecule is COc1cc(/C=C2\SC(=O)N(CC(=O)Nc3ccc(C(C)C)cc3)C2=O)cc(Cl)c1O. The lowest BCUT2D eigenvalue weighted by molar-refractivity contribution is -0.127. The number of nitrogens with one attached hydrogen (secondary N) is 1.